The van der Waals surface area contributed by atoms with Crippen molar-refractivity contribution in [3.8, 4) is 0 Å². The maximum Gasteiger partial charge on any atom is 0.416 e. The van der Waals surface area contributed by atoms with Crippen LogP contribution in [0.5, 0.6) is 0 Å². The van der Waals surface area contributed by atoms with Crippen LogP contribution in [0.3, 0.4) is 0 Å². The van der Waals surface area contributed by atoms with E-state index < -0.39 is 27.8 Å². The fraction of sp³-hybridized carbons (Fsp3) is 0.417. The monoisotopic (exact) mass is 513 g/mol. The van der Waals surface area contributed by atoms with Crippen LogP contribution in [-0.2, 0) is 32.3 Å². The third-order valence-electron chi connectivity index (χ3n) is 5.63. The third kappa shape index (κ3) is 7.71. The van der Waals surface area contributed by atoms with Crippen molar-refractivity contribution in [2.24, 2.45) is 0 Å². The minimum absolute atomic E-state index is 0.0485. The molecule has 7 nitrogen and oxygen atoms in total. The van der Waals surface area contributed by atoms with Crippen LogP contribution in [0.25, 0.3) is 0 Å². The van der Waals surface area contributed by atoms with E-state index in [1.807, 2.05) is 31.2 Å². The van der Waals surface area contributed by atoms with E-state index >= 15 is 0 Å². The van der Waals surface area contributed by atoms with Crippen molar-refractivity contribution in [1.82, 2.24) is 10.2 Å². The van der Waals surface area contributed by atoms with Gasteiger partial charge < -0.3 is 10.2 Å². The lowest BCUT2D eigenvalue weighted by molar-refractivity contribution is -0.140. The number of aryl methyl sites for hydroxylation is 1. The molecule has 11 heteroatoms. The molecule has 2 rings (SSSR count). The summed E-state index contributed by atoms with van der Waals surface area (Å²) >= 11 is 0. The lowest BCUT2D eigenvalue weighted by atomic mass is 10.1. The first kappa shape index (κ1) is 28.2. The smallest absolute Gasteiger partial charge is 0.357 e. The van der Waals surface area contributed by atoms with Crippen LogP contribution in [0.2, 0.25) is 0 Å². The first-order chi connectivity index (χ1) is 16.3. The minimum Gasteiger partial charge on any atom is -0.357 e. The normalized spacial score (nSPS) is 12.7. The average molecular weight is 514 g/mol. The molecule has 0 aromatic heterocycles. The number of benzene rings is 2. The van der Waals surface area contributed by atoms with E-state index in [1.165, 1.54) is 18.0 Å². The predicted molar refractivity (Wildman–Crippen MR) is 128 cm³/mol. The van der Waals surface area contributed by atoms with Gasteiger partial charge in [-0.1, -0.05) is 30.3 Å². The first-order valence-corrected chi connectivity index (χ1v) is 12.8. The van der Waals surface area contributed by atoms with E-state index in [1.54, 1.807) is 6.92 Å². The number of nitrogens with zero attached hydrogens (tertiary/aromatic N) is 2. The Kier molecular flexibility index (Phi) is 9.31. The van der Waals surface area contributed by atoms with Gasteiger partial charge in [0.2, 0.25) is 21.8 Å². The van der Waals surface area contributed by atoms with Crippen molar-refractivity contribution in [3.05, 3.63) is 65.2 Å². The summed E-state index contributed by atoms with van der Waals surface area (Å²) in [6.07, 6.45) is -3.78. The lowest BCUT2D eigenvalue weighted by Gasteiger charge is -2.29. The van der Waals surface area contributed by atoms with Gasteiger partial charge in [0.15, 0.2) is 0 Å². The highest BCUT2D eigenvalue weighted by atomic mass is 32.2. The highest BCUT2D eigenvalue weighted by Crippen LogP contribution is 2.32. The van der Waals surface area contributed by atoms with Crippen molar-refractivity contribution in [3.63, 3.8) is 0 Å². The number of amides is 2. The molecule has 0 aliphatic carbocycles. The topological polar surface area (TPSA) is 86.8 Å². The van der Waals surface area contributed by atoms with Gasteiger partial charge in [0.05, 0.1) is 17.5 Å². The number of anilines is 1. The molecule has 2 amide bonds. The number of alkyl halides is 3. The Balaban J connectivity index is 2.21. The Hall–Kier alpha value is -3.08. The van der Waals surface area contributed by atoms with E-state index in [0.717, 1.165) is 39.9 Å². The first-order valence-electron chi connectivity index (χ1n) is 11.0. The zero-order valence-corrected chi connectivity index (χ0v) is 20.9. The summed E-state index contributed by atoms with van der Waals surface area (Å²) < 4.78 is 64.8. The van der Waals surface area contributed by atoms with Crippen LogP contribution in [0.4, 0.5) is 18.9 Å². The Morgan fingerprint density at radius 1 is 1.09 bits per heavy atom. The van der Waals surface area contributed by atoms with Crippen molar-refractivity contribution in [2.45, 2.75) is 45.5 Å². The Labute approximate surface area is 204 Å². The largest absolute Gasteiger partial charge is 0.416 e. The van der Waals surface area contributed by atoms with Gasteiger partial charge in [0, 0.05) is 26.6 Å². The van der Waals surface area contributed by atoms with Gasteiger partial charge in [0.25, 0.3) is 0 Å². The van der Waals surface area contributed by atoms with Crippen molar-refractivity contribution >= 4 is 27.5 Å². The standard InChI is InChI=1S/C24H30F3N3O4S/c1-17-9-5-6-10-19(17)16-29(18(2)23(32)28-3)22(31)13-8-14-30(35(4,33)34)21-12-7-11-20(15-21)24(25,26)27/h5-7,9-12,15,18H,8,13-14,16H2,1-4H3,(H,28,32)/t18-/m0/s1. The Morgan fingerprint density at radius 2 is 1.74 bits per heavy atom. The van der Waals surface area contributed by atoms with E-state index in [0.29, 0.717) is 0 Å². The molecule has 0 heterocycles. The number of likely N-dealkylation sites (N-methyl/N-ethyl adjacent to an activating group) is 1. The van der Waals surface area contributed by atoms with Crippen molar-refractivity contribution in [2.75, 3.05) is 24.2 Å². The zero-order valence-electron chi connectivity index (χ0n) is 20.1. The van der Waals surface area contributed by atoms with Gasteiger partial charge >= 0.3 is 6.18 Å². The Bertz CT molecular complexity index is 1150. The molecule has 2 aromatic carbocycles. The fourth-order valence-electron chi connectivity index (χ4n) is 3.60. The van der Waals surface area contributed by atoms with E-state index in [-0.39, 0.29) is 43.4 Å². The molecule has 0 saturated carbocycles. The molecule has 1 N–H and O–H groups in total. The van der Waals surface area contributed by atoms with E-state index in [9.17, 15) is 31.2 Å². The number of hydrogen-bond donors (Lipinski definition) is 1. The minimum atomic E-state index is -4.62. The molecule has 0 saturated heterocycles. The van der Waals surface area contributed by atoms with Gasteiger partial charge in [-0.05, 0) is 49.6 Å². The maximum absolute atomic E-state index is 13.1. The molecule has 1 atom stereocenters. The maximum atomic E-state index is 13.1. The van der Waals surface area contributed by atoms with Gasteiger partial charge in [0.1, 0.15) is 6.04 Å². The number of carbonyl (C=O) groups is 2. The van der Waals surface area contributed by atoms with Crippen LogP contribution >= 0.6 is 0 Å². The summed E-state index contributed by atoms with van der Waals surface area (Å²) in [5, 5.41) is 2.52. The highest BCUT2D eigenvalue weighted by molar-refractivity contribution is 7.92. The van der Waals surface area contributed by atoms with Crippen LogP contribution in [0, 0.1) is 6.92 Å². The number of halogens is 3. The summed E-state index contributed by atoms with van der Waals surface area (Å²) in [4.78, 5) is 26.8. The molecule has 2 aromatic rings. The summed E-state index contributed by atoms with van der Waals surface area (Å²) in [5.74, 6) is -0.726. The van der Waals surface area contributed by atoms with Gasteiger partial charge in [-0.15, -0.1) is 0 Å². The molecular formula is C24H30F3N3O4S. The van der Waals surface area contributed by atoms with Crippen molar-refractivity contribution in [1.29, 1.82) is 0 Å². The van der Waals surface area contributed by atoms with Crippen LogP contribution in [0.1, 0.15) is 36.5 Å². The van der Waals surface area contributed by atoms with E-state index in [4.69, 9.17) is 0 Å². The second-order valence-electron chi connectivity index (χ2n) is 8.23. The Morgan fingerprint density at radius 3 is 2.31 bits per heavy atom. The number of nitrogens with one attached hydrogen (secondary N) is 1. The summed E-state index contributed by atoms with van der Waals surface area (Å²) in [5.41, 5.74) is 0.703. The molecule has 0 bridgehead atoms. The van der Waals surface area contributed by atoms with Gasteiger partial charge in [-0.3, -0.25) is 13.9 Å². The number of sulfonamides is 1. The van der Waals surface area contributed by atoms with E-state index in [2.05, 4.69) is 5.32 Å². The molecule has 192 valence electrons. The molecule has 0 spiro atoms. The highest BCUT2D eigenvalue weighted by Gasteiger charge is 2.32. The number of rotatable bonds is 10. The third-order valence-corrected chi connectivity index (χ3v) is 6.82. The molecule has 0 aliphatic heterocycles. The second-order valence-corrected chi connectivity index (χ2v) is 10.1. The van der Waals surface area contributed by atoms with Crippen LogP contribution in [0.15, 0.2) is 48.5 Å². The summed E-state index contributed by atoms with van der Waals surface area (Å²) in [6, 6.07) is 10.7. The van der Waals surface area contributed by atoms with Gasteiger partial charge in [-0.2, -0.15) is 13.2 Å². The SMILES string of the molecule is CNC(=O)[C@H](C)N(Cc1ccccc1C)C(=O)CCCN(c1cccc(C(F)(F)F)c1)S(C)(=O)=O. The zero-order chi connectivity index (χ0) is 26.4. The average Bonchev–Trinajstić information content (AvgIpc) is 2.78. The predicted octanol–water partition coefficient (Wildman–Crippen LogP) is 3.72. The molecule has 0 fully saturated rings. The van der Waals surface area contributed by atoms with Crippen molar-refractivity contribution < 1.29 is 31.2 Å². The molecule has 0 unspecified atom stereocenters. The second kappa shape index (κ2) is 11.6. The van der Waals surface area contributed by atoms with Crippen LogP contribution < -0.4 is 9.62 Å². The number of carbonyl (C=O) groups excluding carboxylic acids is 2. The summed E-state index contributed by atoms with van der Waals surface area (Å²) in [7, 11) is -2.44. The lowest BCUT2D eigenvalue weighted by Crippen LogP contribution is -2.47. The molecule has 35 heavy (non-hydrogen) atoms. The summed E-state index contributed by atoms with van der Waals surface area (Å²) in [6.45, 7) is 3.48. The quantitative estimate of drug-likeness (QED) is 0.525. The van der Waals surface area contributed by atoms with Gasteiger partial charge in [-0.25, -0.2) is 8.42 Å². The van der Waals surface area contributed by atoms with Crippen LogP contribution in [-0.4, -0.2) is 51.0 Å². The number of hydrogen-bond acceptors (Lipinski definition) is 4. The molecule has 0 radical (unpaired) electrons. The fourth-order valence-corrected chi connectivity index (χ4v) is 4.56. The molecular weight excluding hydrogens is 483 g/mol. The molecule has 0 aliphatic rings.